The van der Waals surface area contributed by atoms with Crippen LogP contribution in [0.2, 0.25) is 0 Å². The first-order valence-corrected chi connectivity index (χ1v) is 5.02. The Morgan fingerprint density at radius 1 is 1.17 bits per heavy atom. The Balaban J connectivity index is 2.68. The molecule has 0 bridgehead atoms. The minimum atomic E-state index is -0.153. The fraction of sp³-hybridized carbons (Fsp3) is 0.778. The molecule has 0 spiro atoms. The molecule has 0 amide bonds. The topological polar surface area (TPSA) is 18.5 Å². The first kappa shape index (κ1) is 10.2. The van der Waals surface area contributed by atoms with Gasteiger partial charge in [0.2, 0.25) is 0 Å². The van der Waals surface area contributed by atoms with E-state index in [9.17, 15) is 0 Å². The average Bonchev–Trinajstić information content (AvgIpc) is 2.10. The molecule has 0 atom stereocenters. The summed E-state index contributed by atoms with van der Waals surface area (Å²) in [5.74, 6) is 0. The molecule has 0 heterocycles. The first-order valence-electron chi connectivity index (χ1n) is 4.22. The molecule has 0 N–H and O–H groups in total. The molecule has 0 saturated heterocycles. The Labute approximate surface area is 82.1 Å². The summed E-state index contributed by atoms with van der Waals surface area (Å²) >= 11 is 3.56. The normalized spacial score (nSPS) is 19.0. The van der Waals surface area contributed by atoms with Crippen LogP contribution in [0.15, 0.2) is 10.1 Å². The number of halogens is 1. The van der Waals surface area contributed by atoms with Crippen molar-refractivity contribution in [2.75, 3.05) is 14.2 Å². The van der Waals surface area contributed by atoms with E-state index in [0.717, 1.165) is 12.8 Å². The van der Waals surface area contributed by atoms with Gasteiger partial charge in [-0.1, -0.05) is 15.9 Å². The van der Waals surface area contributed by atoms with Crippen molar-refractivity contribution in [2.24, 2.45) is 0 Å². The summed E-state index contributed by atoms with van der Waals surface area (Å²) in [6, 6.07) is 0. The standard InChI is InChI=1S/C9H15BrO2/c1-11-9(12-2)7-5-3-4-6-8(7)10/h9H,3-6H2,1-2H3. The van der Waals surface area contributed by atoms with Gasteiger partial charge in [0, 0.05) is 14.2 Å². The zero-order valence-corrected chi connectivity index (χ0v) is 9.19. The fourth-order valence-corrected chi connectivity index (χ4v) is 2.18. The Kier molecular flexibility index (Phi) is 4.26. The van der Waals surface area contributed by atoms with Gasteiger partial charge in [0.05, 0.1) is 0 Å². The van der Waals surface area contributed by atoms with Crippen LogP contribution >= 0.6 is 15.9 Å². The van der Waals surface area contributed by atoms with E-state index in [1.54, 1.807) is 14.2 Å². The van der Waals surface area contributed by atoms with Crippen molar-refractivity contribution in [1.29, 1.82) is 0 Å². The molecule has 2 nitrogen and oxygen atoms in total. The predicted octanol–water partition coefficient (Wildman–Crippen LogP) is 2.83. The van der Waals surface area contributed by atoms with Crippen LogP contribution in [0, 0.1) is 0 Å². The second-order valence-corrected chi connectivity index (χ2v) is 3.90. The van der Waals surface area contributed by atoms with Gasteiger partial charge in [-0.3, -0.25) is 0 Å². The van der Waals surface area contributed by atoms with Gasteiger partial charge in [0.25, 0.3) is 0 Å². The van der Waals surface area contributed by atoms with E-state index in [-0.39, 0.29) is 6.29 Å². The molecule has 0 aromatic carbocycles. The van der Waals surface area contributed by atoms with Gasteiger partial charge in [0.15, 0.2) is 6.29 Å². The third-order valence-corrected chi connectivity index (χ3v) is 3.06. The Morgan fingerprint density at radius 2 is 1.75 bits per heavy atom. The number of hydrogen-bond donors (Lipinski definition) is 0. The van der Waals surface area contributed by atoms with Crippen LogP contribution in [0.1, 0.15) is 25.7 Å². The highest BCUT2D eigenvalue weighted by atomic mass is 79.9. The van der Waals surface area contributed by atoms with Gasteiger partial charge in [-0.2, -0.15) is 0 Å². The van der Waals surface area contributed by atoms with Gasteiger partial charge in [0.1, 0.15) is 0 Å². The number of rotatable bonds is 3. The molecule has 70 valence electrons. The summed E-state index contributed by atoms with van der Waals surface area (Å²) in [6.45, 7) is 0. The monoisotopic (exact) mass is 234 g/mol. The van der Waals surface area contributed by atoms with Crippen LogP contribution in [0.25, 0.3) is 0 Å². The maximum Gasteiger partial charge on any atom is 0.180 e. The smallest absolute Gasteiger partial charge is 0.180 e. The molecular weight excluding hydrogens is 220 g/mol. The second kappa shape index (κ2) is 5.00. The zero-order valence-electron chi connectivity index (χ0n) is 7.60. The second-order valence-electron chi connectivity index (χ2n) is 2.94. The highest BCUT2D eigenvalue weighted by molar-refractivity contribution is 9.11. The first-order chi connectivity index (χ1) is 5.79. The minimum absolute atomic E-state index is 0.153. The van der Waals surface area contributed by atoms with Crippen LogP contribution in [-0.4, -0.2) is 20.5 Å². The number of methoxy groups -OCH3 is 2. The Morgan fingerprint density at radius 3 is 2.25 bits per heavy atom. The molecule has 3 heteroatoms. The predicted molar refractivity (Wildman–Crippen MR) is 52.2 cm³/mol. The van der Waals surface area contributed by atoms with Gasteiger partial charge in [-0.25, -0.2) is 0 Å². The summed E-state index contributed by atoms with van der Waals surface area (Å²) in [7, 11) is 3.35. The van der Waals surface area contributed by atoms with E-state index >= 15 is 0 Å². The maximum atomic E-state index is 5.20. The van der Waals surface area contributed by atoms with Gasteiger partial charge in [-0.05, 0) is 35.7 Å². The van der Waals surface area contributed by atoms with E-state index in [1.807, 2.05) is 0 Å². The van der Waals surface area contributed by atoms with Crippen molar-refractivity contribution in [3.05, 3.63) is 10.1 Å². The van der Waals surface area contributed by atoms with Crippen molar-refractivity contribution < 1.29 is 9.47 Å². The molecule has 1 aliphatic rings. The van der Waals surface area contributed by atoms with Crippen molar-refractivity contribution in [3.8, 4) is 0 Å². The lowest BCUT2D eigenvalue weighted by Crippen LogP contribution is -2.18. The molecule has 1 aliphatic carbocycles. The summed E-state index contributed by atoms with van der Waals surface area (Å²) < 4.78 is 11.7. The molecule has 0 aliphatic heterocycles. The third-order valence-electron chi connectivity index (χ3n) is 2.15. The van der Waals surface area contributed by atoms with Crippen LogP contribution in [0.5, 0.6) is 0 Å². The lowest BCUT2D eigenvalue weighted by molar-refractivity contribution is -0.0775. The van der Waals surface area contributed by atoms with Gasteiger partial charge < -0.3 is 9.47 Å². The molecule has 0 fully saturated rings. The maximum absolute atomic E-state index is 5.20. The van der Waals surface area contributed by atoms with Crippen molar-refractivity contribution in [2.45, 2.75) is 32.0 Å². The quantitative estimate of drug-likeness (QED) is 0.700. The summed E-state index contributed by atoms with van der Waals surface area (Å²) in [6.07, 6.45) is 4.57. The van der Waals surface area contributed by atoms with Gasteiger partial charge in [-0.15, -0.1) is 0 Å². The summed E-state index contributed by atoms with van der Waals surface area (Å²) in [5.41, 5.74) is 1.27. The van der Waals surface area contributed by atoms with Crippen LogP contribution in [0.3, 0.4) is 0 Å². The average molecular weight is 235 g/mol. The van der Waals surface area contributed by atoms with Crippen LogP contribution < -0.4 is 0 Å². The van der Waals surface area contributed by atoms with Crippen molar-refractivity contribution in [3.63, 3.8) is 0 Å². The molecule has 0 unspecified atom stereocenters. The number of allylic oxidation sites excluding steroid dienone is 1. The SMILES string of the molecule is COC(OC)C1=C(Br)CCCC1. The fourth-order valence-electron chi connectivity index (χ4n) is 1.52. The van der Waals surface area contributed by atoms with E-state index < -0.39 is 0 Å². The zero-order chi connectivity index (χ0) is 8.97. The van der Waals surface area contributed by atoms with Crippen molar-refractivity contribution >= 4 is 15.9 Å². The lowest BCUT2D eigenvalue weighted by Gasteiger charge is -2.22. The lowest BCUT2D eigenvalue weighted by atomic mass is 9.99. The van der Waals surface area contributed by atoms with E-state index in [1.165, 1.54) is 22.9 Å². The molecule has 0 aromatic heterocycles. The van der Waals surface area contributed by atoms with E-state index in [4.69, 9.17) is 9.47 Å². The number of hydrogen-bond acceptors (Lipinski definition) is 2. The molecule has 0 radical (unpaired) electrons. The highest BCUT2D eigenvalue weighted by Crippen LogP contribution is 2.31. The number of ether oxygens (including phenoxy) is 2. The van der Waals surface area contributed by atoms with Crippen LogP contribution in [-0.2, 0) is 9.47 Å². The summed E-state index contributed by atoms with van der Waals surface area (Å²) in [5, 5.41) is 0. The van der Waals surface area contributed by atoms with E-state index in [0.29, 0.717) is 0 Å². The summed E-state index contributed by atoms with van der Waals surface area (Å²) in [4.78, 5) is 0. The van der Waals surface area contributed by atoms with Crippen LogP contribution in [0.4, 0.5) is 0 Å². The van der Waals surface area contributed by atoms with Crippen molar-refractivity contribution in [1.82, 2.24) is 0 Å². The molecule has 12 heavy (non-hydrogen) atoms. The van der Waals surface area contributed by atoms with Gasteiger partial charge >= 0.3 is 0 Å². The minimum Gasteiger partial charge on any atom is -0.352 e. The largest absolute Gasteiger partial charge is 0.352 e. The molecular formula is C9H15BrO2. The molecule has 0 aromatic rings. The highest BCUT2D eigenvalue weighted by Gasteiger charge is 2.18. The molecule has 0 saturated carbocycles. The Bertz CT molecular complexity index is 173. The van der Waals surface area contributed by atoms with E-state index in [2.05, 4.69) is 15.9 Å². The Hall–Kier alpha value is 0.140. The third kappa shape index (κ3) is 2.31. The molecule has 1 rings (SSSR count).